The van der Waals surface area contributed by atoms with E-state index in [0.29, 0.717) is 43.1 Å². The molecule has 2 heterocycles. The zero-order valence-electron chi connectivity index (χ0n) is 18.5. The zero-order valence-corrected chi connectivity index (χ0v) is 19.4. The number of nitrogen functional groups attached to an aromatic ring is 1. The molecule has 2 unspecified atom stereocenters. The number of nitrogens with two attached hydrogens (primary N) is 1. The van der Waals surface area contributed by atoms with E-state index in [0.717, 1.165) is 5.56 Å². The molecule has 0 bridgehead atoms. The Morgan fingerprint density at radius 3 is 2.72 bits per heavy atom. The quantitative estimate of drug-likeness (QED) is 0.238. The molecule has 11 heteroatoms. The van der Waals surface area contributed by atoms with Gasteiger partial charge in [0.1, 0.15) is 32.5 Å². The van der Waals surface area contributed by atoms with Gasteiger partial charge in [0, 0.05) is 6.54 Å². The number of imidazole rings is 1. The molecule has 3 aromatic rings. The molecule has 0 radical (unpaired) electrons. The molecule has 3 N–H and O–H groups in total. The molecule has 0 aliphatic heterocycles. The third kappa shape index (κ3) is 6.93. The van der Waals surface area contributed by atoms with Crippen LogP contribution in [0.15, 0.2) is 43.0 Å². The lowest BCUT2D eigenvalue weighted by Crippen LogP contribution is -2.34. The minimum atomic E-state index is -1.23. The predicted molar refractivity (Wildman–Crippen MR) is 123 cm³/mol. The molecule has 0 saturated carbocycles. The molecular formula is C21H29N6O4P. The summed E-state index contributed by atoms with van der Waals surface area (Å²) in [4.78, 5) is 24.6. The number of ether oxygens (including phenoxy) is 2. The summed E-state index contributed by atoms with van der Waals surface area (Å²) in [5.41, 5.74) is 8.10. The second-order valence-corrected chi connectivity index (χ2v) is 8.91. The van der Waals surface area contributed by atoms with Crippen LogP contribution in [-0.4, -0.2) is 50.6 Å². The van der Waals surface area contributed by atoms with Crippen molar-refractivity contribution in [3.05, 3.63) is 48.5 Å². The molecular weight excluding hydrogens is 431 g/mol. The number of nitrogens with one attached hydrogen (secondary N) is 1. The van der Waals surface area contributed by atoms with E-state index < -0.39 is 14.3 Å². The maximum Gasteiger partial charge on any atom is 0.323 e. The molecule has 2 atom stereocenters. The van der Waals surface area contributed by atoms with Gasteiger partial charge in [-0.05, 0) is 26.3 Å². The number of fused-ring (bicyclic) bond motifs is 1. The summed E-state index contributed by atoms with van der Waals surface area (Å²) >= 11 is 0. The zero-order chi connectivity index (χ0) is 22.9. The molecule has 0 saturated heterocycles. The van der Waals surface area contributed by atoms with E-state index in [1.54, 1.807) is 13.3 Å². The summed E-state index contributed by atoms with van der Waals surface area (Å²) in [5.74, 6) is 0.0249. The summed E-state index contributed by atoms with van der Waals surface area (Å²) in [7, 11) is -1.23. The van der Waals surface area contributed by atoms with Crippen molar-refractivity contribution in [1.82, 2.24) is 24.6 Å². The monoisotopic (exact) mass is 460 g/mol. The standard InChI is InChI=1S/C21H29N6O4P/c1-15(2)31-21(28)16(3)26-32(30-11-17-7-5-4-6-8-17)14-29-10-9-27-13-25-18-19(22)23-12-24-20(18)27/h4-8,12-13,15-16,26H,9-11,14H2,1-3H3,(H2,22,23,24). The van der Waals surface area contributed by atoms with Crippen molar-refractivity contribution in [1.29, 1.82) is 0 Å². The van der Waals surface area contributed by atoms with Gasteiger partial charge in [-0.15, -0.1) is 0 Å². The molecule has 0 amide bonds. The summed E-state index contributed by atoms with van der Waals surface area (Å²) in [6.07, 6.45) is 3.21. The molecule has 0 aliphatic rings. The summed E-state index contributed by atoms with van der Waals surface area (Å²) in [6, 6.07) is 9.33. The summed E-state index contributed by atoms with van der Waals surface area (Å²) < 4.78 is 19.0. The molecule has 1 aromatic carbocycles. The number of carbonyl (C=O) groups excluding carboxylic acids is 1. The van der Waals surface area contributed by atoms with Gasteiger partial charge < -0.3 is 24.3 Å². The van der Waals surface area contributed by atoms with E-state index in [9.17, 15) is 4.79 Å². The number of aromatic nitrogens is 4. The van der Waals surface area contributed by atoms with Gasteiger partial charge in [0.15, 0.2) is 11.5 Å². The summed E-state index contributed by atoms with van der Waals surface area (Å²) in [5, 5.41) is 3.21. The van der Waals surface area contributed by atoms with E-state index in [1.807, 2.05) is 48.7 Å². The van der Waals surface area contributed by atoms with Crippen LogP contribution in [0.3, 0.4) is 0 Å². The smallest absolute Gasteiger partial charge is 0.323 e. The number of nitrogens with zero attached hydrogens (tertiary/aromatic N) is 4. The van der Waals surface area contributed by atoms with Crippen LogP contribution in [0.25, 0.3) is 11.2 Å². The SMILES string of the molecule is CC(C)OC(=O)C(C)NP(COCCn1cnc2c(N)ncnc21)OCc1ccccc1. The minimum absolute atomic E-state index is 0.178. The second-order valence-electron chi connectivity index (χ2n) is 7.38. The number of hydrogen-bond donors (Lipinski definition) is 2. The number of hydrogen-bond acceptors (Lipinski definition) is 9. The predicted octanol–water partition coefficient (Wildman–Crippen LogP) is 2.84. The second kappa shape index (κ2) is 11.8. The fourth-order valence-corrected chi connectivity index (χ4v) is 4.18. The van der Waals surface area contributed by atoms with Crippen molar-refractivity contribution in [3.8, 4) is 0 Å². The number of benzene rings is 1. The first-order valence-corrected chi connectivity index (χ1v) is 11.8. The molecule has 172 valence electrons. The van der Waals surface area contributed by atoms with Crippen molar-refractivity contribution in [3.63, 3.8) is 0 Å². The third-order valence-corrected chi connectivity index (χ3v) is 5.92. The Morgan fingerprint density at radius 1 is 1.19 bits per heavy atom. The Bertz CT molecular complexity index is 1000. The Hall–Kier alpha value is -2.65. The van der Waals surface area contributed by atoms with Crippen LogP contribution >= 0.6 is 8.30 Å². The maximum absolute atomic E-state index is 12.2. The average Bonchev–Trinajstić information content (AvgIpc) is 3.19. The fourth-order valence-electron chi connectivity index (χ4n) is 2.81. The lowest BCUT2D eigenvalue weighted by molar-refractivity contribution is -0.148. The van der Waals surface area contributed by atoms with E-state index in [1.165, 1.54) is 6.33 Å². The molecule has 2 aromatic heterocycles. The Labute approximate surface area is 188 Å². The van der Waals surface area contributed by atoms with Gasteiger partial charge in [-0.1, -0.05) is 30.3 Å². The first kappa shape index (κ1) is 24.0. The topological polar surface area (TPSA) is 126 Å². The normalized spacial score (nSPS) is 13.4. The number of anilines is 1. The lowest BCUT2D eigenvalue weighted by Gasteiger charge is -2.23. The maximum atomic E-state index is 12.2. The minimum Gasteiger partial charge on any atom is -0.462 e. The van der Waals surface area contributed by atoms with E-state index in [-0.39, 0.29) is 12.1 Å². The van der Waals surface area contributed by atoms with Crippen LogP contribution in [0, 0.1) is 0 Å². The fraction of sp³-hybridized carbons (Fsp3) is 0.429. The molecule has 10 nitrogen and oxygen atoms in total. The van der Waals surface area contributed by atoms with Crippen molar-refractivity contribution >= 4 is 31.3 Å². The Balaban J connectivity index is 1.54. The van der Waals surface area contributed by atoms with Gasteiger partial charge in [-0.2, -0.15) is 0 Å². The van der Waals surface area contributed by atoms with Gasteiger partial charge >= 0.3 is 5.97 Å². The lowest BCUT2D eigenvalue weighted by atomic mass is 10.2. The van der Waals surface area contributed by atoms with Crippen molar-refractivity contribution in [2.75, 3.05) is 18.7 Å². The number of esters is 1. The first-order chi connectivity index (χ1) is 15.4. The highest BCUT2D eigenvalue weighted by molar-refractivity contribution is 7.50. The van der Waals surface area contributed by atoms with Crippen molar-refractivity contribution < 1.29 is 18.8 Å². The third-order valence-electron chi connectivity index (χ3n) is 4.39. The highest BCUT2D eigenvalue weighted by atomic mass is 31.2. The van der Waals surface area contributed by atoms with Gasteiger partial charge in [0.05, 0.1) is 25.6 Å². The average molecular weight is 460 g/mol. The summed E-state index contributed by atoms with van der Waals surface area (Å²) in [6.45, 7) is 6.77. The molecule has 0 spiro atoms. The molecule has 0 aliphatic carbocycles. The largest absolute Gasteiger partial charge is 0.462 e. The molecule has 3 rings (SSSR count). The number of rotatable bonds is 12. The highest BCUT2D eigenvalue weighted by Gasteiger charge is 2.21. The first-order valence-electron chi connectivity index (χ1n) is 10.3. The van der Waals surface area contributed by atoms with Crippen LogP contribution in [0.5, 0.6) is 0 Å². The van der Waals surface area contributed by atoms with Crippen LogP contribution < -0.4 is 10.8 Å². The van der Waals surface area contributed by atoms with Crippen LogP contribution in [0.1, 0.15) is 26.3 Å². The molecule has 32 heavy (non-hydrogen) atoms. The van der Waals surface area contributed by atoms with Crippen LogP contribution in [0.2, 0.25) is 0 Å². The van der Waals surface area contributed by atoms with Crippen molar-refractivity contribution in [2.45, 2.75) is 46.1 Å². The highest BCUT2D eigenvalue weighted by Crippen LogP contribution is 2.34. The van der Waals surface area contributed by atoms with E-state index >= 15 is 0 Å². The Kier molecular flexibility index (Phi) is 8.87. The van der Waals surface area contributed by atoms with Crippen LogP contribution in [0.4, 0.5) is 5.82 Å². The van der Waals surface area contributed by atoms with Gasteiger partial charge in [0.25, 0.3) is 0 Å². The molecule has 0 fully saturated rings. The van der Waals surface area contributed by atoms with Gasteiger partial charge in [0.2, 0.25) is 0 Å². The van der Waals surface area contributed by atoms with Gasteiger partial charge in [-0.3, -0.25) is 9.88 Å². The van der Waals surface area contributed by atoms with Crippen molar-refractivity contribution in [2.24, 2.45) is 0 Å². The van der Waals surface area contributed by atoms with Gasteiger partial charge in [-0.25, -0.2) is 15.0 Å². The Morgan fingerprint density at radius 2 is 1.97 bits per heavy atom. The van der Waals surface area contributed by atoms with E-state index in [2.05, 4.69) is 20.0 Å². The van der Waals surface area contributed by atoms with Crippen LogP contribution in [-0.2, 0) is 31.9 Å². The van der Waals surface area contributed by atoms with E-state index in [4.69, 9.17) is 19.7 Å². The number of carbonyl (C=O) groups is 1.